The van der Waals surface area contributed by atoms with Crippen LogP contribution in [0.3, 0.4) is 0 Å². The van der Waals surface area contributed by atoms with E-state index in [1.807, 2.05) is 19.0 Å². The first kappa shape index (κ1) is 17.0. The van der Waals surface area contributed by atoms with Gasteiger partial charge in [0.1, 0.15) is 6.61 Å². The highest BCUT2D eigenvalue weighted by atomic mass is 16.5. The molecule has 1 rings (SSSR count). The first-order valence-electron chi connectivity index (χ1n) is 6.90. The second-order valence-corrected chi connectivity index (χ2v) is 4.90. The number of ether oxygens (including phenoxy) is 1. The fraction of sp³-hybridized carbons (Fsp3) is 0.467. The van der Waals surface area contributed by atoms with Crippen molar-refractivity contribution in [3.63, 3.8) is 0 Å². The molecule has 0 aliphatic carbocycles. The lowest BCUT2D eigenvalue weighted by molar-refractivity contribution is 0.0956. The average Bonchev–Trinajstić information content (AvgIpc) is 2.48. The molecule has 0 aromatic heterocycles. The molecule has 0 bridgehead atoms. The number of hydrogen-bond acceptors (Lipinski definition) is 4. The average molecular weight is 293 g/mol. The molecule has 0 radical (unpaired) electrons. The minimum atomic E-state index is -0.472. The van der Waals surface area contributed by atoms with Crippen LogP contribution in [-0.4, -0.2) is 51.1 Å². The lowest BCUT2D eigenvalue weighted by Gasteiger charge is -2.11. The van der Waals surface area contributed by atoms with Crippen LogP contribution >= 0.6 is 0 Å². The van der Waals surface area contributed by atoms with Gasteiger partial charge in [-0.05, 0) is 33.1 Å². The van der Waals surface area contributed by atoms with E-state index in [2.05, 4.69) is 10.6 Å². The monoisotopic (exact) mass is 293 g/mol. The van der Waals surface area contributed by atoms with Gasteiger partial charge in [0, 0.05) is 24.7 Å². The van der Waals surface area contributed by atoms with Gasteiger partial charge in [0.2, 0.25) is 0 Å². The van der Waals surface area contributed by atoms with Gasteiger partial charge in [-0.15, -0.1) is 0 Å². The Bertz CT molecular complexity index is 475. The first-order chi connectivity index (χ1) is 10.0. The fourth-order valence-corrected chi connectivity index (χ4v) is 1.78. The number of alkyl carbamates (subject to hydrolysis) is 1. The third-order valence-corrected chi connectivity index (χ3v) is 2.90. The number of rotatable bonds is 7. The van der Waals surface area contributed by atoms with E-state index in [1.165, 1.54) is 0 Å². The third-order valence-electron chi connectivity index (χ3n) is 2.90. The molecule has 0 atom stereocenters. The topological polar surface area (TPSA) is 70.7 Å². The molecule has 2 amide bonds. The Hall–Kier alpha value is -2.08. The SMILES string of the molecule is CNC(=O)c1ccccc1COC(=O)NCCCN(C)C. The van der Waals surface area contributed by atoms with Gasteiger partial charge >= 0.3 is 6.09 Å². The largest absolute Gasteiger partial charge is 0.445 e. The molecular weight excluding hydrogens is 270 g/mol. The zero-order valence-corrected chi connectivity index (χ0v) is 12.8. The number of hydrogen-bond donors (Lipinski definition) is 2. The summed E-state index contributed by atoms with van der Waals surface area (Å²) in [5.74, 6) is -0.194. The van der Waals surface area contributed by atoms with E-state index in [1.54, 1.807) is 31.3 Å². The van der Waals surface area contributed by atoms with E-state index in [-0.39, 0.29) is 12.5 Å². The molecule has 0 saturated heterocycles. The highest BCUT2D eigenvalue weighted by molar-refractivity contribution is 5.95. The lowest BCUT2D eigenvalue weighted by Crippen LogP contribution is -2.28. The van der Waals surface area contributed by atoms with Crippen LogP contribution < -0.4 is 10.6 Å². The molecule has 0 aliphatic rings. The van der Waals surface area contributed by atoms with E-state index >= 15 is 0 Å². The highest BCUT2D eigenvalue weighted by Gasteiger charge is 2.10. The van der Waals surface area contributed by atoms with Crippen molar-refractivity contribution in [3.8, 4) is 0 Å². The van der Waals surface area contributed by atoms with Crippen LogP contribution in [0.25, 0.3) is 0 Å². The summed E-state index contributed by atoms with van der Waals surface area (Å²) in [5, 5.41) is 5.24. The van der Waals surface area contributed by atoms with Crippen molar-refractivity contribution in [2.24, 2.45) is 0 Å². The Kier molecular flexibility index (Phi) is 7.25. The van der Waals surface area contributed by atoms with Crippen LogP contribution in [0.1, 0.15) is 22.3 Å². The quantitative estimate of drug-likeness (QED) is 0.742. The predicted octanol–water partition coefficient (Wildman–Crippen LogP) is 1.22. The van der Waals surface area contributed by atoms with Gasteiger partial charge in [-0.2, -0.15) is 0 Å². The first-order valence-corrected chi connectivity index (χ1v) is 6.90. The summed E-state index contributed by atoms with van der Waals surface area (Å²) in [4.78, 5) is 25.3. The molecule has 0 unspecified atom stereocenters. The van der Waals surface area contributed by atoms with Crippen LogP contribution in [-0.2, 0) is 11.3 Å². The summed E-state index contributed by atoms with van der Waals surface area (Å²) >= 11 is 0. The van der Waals surface area contributed by atoms with Gasteiger partial charge in [0.05, 0.1) is 0 Å². The maximum absolute atomic E-state index is 11.7. The standard InChI is InChI=1S/C15H23N3O3/c1-16-14(19)13-8-5-4-7-12(13)11-21-15(20)17-9-6-10-18(2)3/h4-5,7-8H,6,9-11H2,1-3H3,(H,16,19)(H,17,20). The second-order valence-electron chi connectivity index (χ2n) is 4.90. The summed E-state index contributed by atoms with van der Waals surface area (Å²) in [7, 11) is 5.53. The molecule has 116 valence electrons. The summed E-state index contributed by atoms with van der Waals surface area (Å²) in [6, 6.07) is 7.05. The molecule has 0 saturated carbocycles. The Morgan fingerprint density at radius 3 is 2.62 bits per heavy atom. The fourth-order valence-electron chi connectivity index (χ4n) is 1.78. The molecule has 0 heterocycles. The minimum Gasteiger partial charge on any atom is -0.445 e. The lowest BCUT2D eigenvalue weighted by atomic mass is 10.1. The number of carbonyl (C=O) groups is 2. The van der Waals surface area contributed by atoms with Crippen molar-refractivity contribution in [3.05, 3.63) is 35.4 Å². The third kappa shape index (κ3) is 6.27. The summed E-state index contributed by atoms with van der Waals surface area (Å²) in [6.07, 6.45) is 0.386. The number of benzene rings is 1. The van der Waals surface area contributed by atoms with Crippen molar-refractivity contribution in [2.75, 3.05) is 34.2 Å². The summed E-state index contributed by atoms with van der Waals surface area (Å²) in [5.41, 5.74) is 1.20. The van der Waals surface area contributed by atoms with Gasteiger partial charge in [-0.3, -0.25) is 4.79 Å². The van der Waals surface area contributed by atoms with Gasteiger partial charge in [0.25, 0.3) is 5.91 Å². The maximum atomic E-state index is 11.7. The molecule has 2 N–H and O–H groups in total. The minimum absolute atomic E-state index is 0.0725. The van der Waals surface area contributed by atoms with Crippen molar-refractivity contribution in [1.82, 2.24) is 15.5 Å². The van der Waals surface area contributed by atoms with Crippen LogP contribution in [0.2, 0.25) is 0 Å². The van der Waals surface area contributed by atoms with Crippen LogP contribution in [0.5, 0.6) is 0 Å². The Morgan fingerprint density at radius 1 is 1.24 bits per heavy atom. The van der Waals surface area contributed by atoms with E-state index in [0.717, 1.165) is 13.0 Å². The van der Waals surface area contributed by atoms with Gasteiger partial charge < -0.3 is 20.3 Å². The normalized spacial score (nSPS) is 10.3. The molecule has 1 aromatic rings. The number of nitrogens with one attached hydrogen (secondary N) is 2. The molecule has 0 aliphatic heterocycles. The van der Waals surface area contributed by atoms with Gasteiger partial charge in [-0.1, -0.05) is 18.2 Å². The van der Waals surface area contributed by atoms with E-state index < -0.39 is 6.09 Å². The van der Waals surface area contributed by atoms with Crippen molar-refractivity contribution >= 4 is 12.0 Å². The summed E-state index contributed by atoms with van der Waals surface area (Å²) in [6.45, 7) is 1.54. The Labute approximate surface area is 125 Å². The molecule has 0 spiro atoms. The van der Waals surface area contributed by atoms with Gasteiger partial charge in [0.15, 0.2) is 0 Å². The van der Waals surface area contributed by atoms with Crippen molar-refractivity contribution in [2.45, 2.75) is 13.0 Å². The predicted molar refractivity (Wildman–Crippen MR) is 81.2 cm³/mol. The number of nitrogens with zero attached hydrogens (tertiary/aromatic N) is 1. The van der Waals surface area contributed by atoms with Crippen LogP contribution in [0.4, 0.5) is 4.79 Å². The molecule has 6 heteroatoms. The number of carbonyl (C=O) groups excluding carboxylic acids is 2. The molecule has 6 nitrogen and oxygen atoms in total. The van der Waals surface area contributed by atoms with Gasteiger partial charge in [-0.25, -0.2) is 4.79 Å². The molecular formula is C15H23N3O3. The molecule has 0 fully saturated rings. The zero-order chi connectivity index (χ0) is 15.7. The summed E-state index contributed by atoms with van der Waals surface area (Å²) < 4.78 is 5.13. The smallest absolute Gasteiger partial charge is 0.407 e. The van der Waals surface area contributed by atoms with Crippen molar-refractivity contribution in [1.29, 1.82) is 0 Å². The Balaban J connectivity index is 2.41. The van der Waals surface area contributed by atoms with Crippen LogP contribution in [0.15, 0.2) is 24.3 Å². The van der Waals surface area contributed by atoms with Crippen molar-refractivity contribution < 1.29 is 14.3 Å². The maximum Gasteiger partial charge on any atom is 0.407 e. The Morgan fingerprint density at radius 2 is 1.95 bits per heavy atom. The second kappa shape index (κ2) is 8.97. The molecule has 1 aromatic carbocycles. The number of amides is 2. The molecule has 21 heavy (non-hydrogen) atoms. The van der Waals surface area contributed by atoms with E-state index in [4.69, 9.17) is 4.74 Å². The van der Waals surface area contributed by atoms with E-state index in [9.17, 15) is 9.59 Å². The van der Waals surface area contributed by atoms with E-state index in [0.29, 0.717) is 17.7 Å². The zero-order valence-electron chi connectivity index (χ0n) is 12.8. The highest BCUT2D eigenvalue weighted by Crippen LogP contribution is 2.10. The van der Waals surface area contributed by atoms with Crippen LogP contribution in [0, 0.1) is 0 Å².